The molecule has 0 aliphatic carbocycles. The highest BCUT2D eigenvalue weighted by molar-refractivity contribution is 5.59. The van der Waals surface area contributed by atoms with E-state index in [2.05, 4.69) is 29.7 Å². The van der Waals surface area contributed by atoms with Crippen LogP contribution in [0.5, 0.6) is 0 Å². The molecule has 0 radical (unpaired) electrons. The van der Waals surface area contributed by atoms with Gasteiger partial charge in [0, 0.05) is 30.4 Å². The standard InChI is InChI=1S/C16H25N3O/c1-6-19(12(2)11-18(4)5)16-9-14(10-17)7-8-15(16)13(3)20/h7-9,12-13,20H,6,11H2,1-5H3. The summed E-state index contributed by atoms with van der Waals surface area (Å²) in [5, 5.41) is 19.0. The van der Waals surface area contributed by atoms with Crippen LogP contribution in [0, 0.1) is 11.3 Å². The Morgan fingerprint density at radius 1 is 1.30 bits per heavy atom. The largest absolute Gasteiger partial charge is 0.389 e. The van der Waals surface area contributed by atoms with Crippen LogP contribution in [0.15, 0.2) is 18.2 Å². The summed E-state index contributed by atoms with van der Waals surface area (Å²) in [6, 6.07) is 7.96. The molecule has 1 aromatic carbocycles. The van der Waals surface area contributed by atoms with Gasteiger partial charge in [-0.05, 0) is 47.0 Å². The van der Waals surface area contributed by atoms with Gasteiger partial charge in [-0.15, -0.1) is 0 Å². The summed E-state index contributed by atoms with van der Waals surface area (Å²) in [6.45, 7) is 7.77. The number of nitrogens with zero attached hydrogens (tertiary/aromatic N) is 3. The van der Waals surface area contributed by atoms with E-state index < -0.39 is 6.10 Å². The number of aliphatic hydroxyl groups is 1. The zero-order valence-corrected chi connectivity index (χ0v) is 13.1. The van der Waals surface area contributed by atoms with Gasteiger partial charge in [0.25, 0.3) is 0 Å². The van der Waals surface area contributed by atoms with Gasteiger partial charge in [0.2, 0.25) is 0 Å². The van der Waals surface area contributed by atoms with Crippen LogP contribution in [0.2, 0.25) is 0 Å². The summed E-state index contributed by atoms with van der Waals surface area (Å²) in [6.07, 6.45) is -0.543. The number of hydrogen-bond acceptors (Lipinski definition) is 4. The number of nitriles is 1. The fourth-order valence-corrected chi connectivity index (χ4v) is 2.56. The highest BCUT2D eigenvalue weighted by Crippen LogP contribution is 2.29. The van der Waals surface area contributed by atoms with E-state index in [0.29, 0.717) is 11.6 Å². The first-order valence-corrected chi connectivity index (χ1v) is 7.04. The minimum atomic E-state index is -0.543. The number of hydrogen-bond donors (Lipinski definition) is 1. The quantitative estimate of drug-likeness (QED) is 0.866. The van der Waals surface area contributed by atoms with Gasteiger partial charge in [-0.25, -0.2) is 0 Å². The molecule has 0 fully saturated rings. The van der Waals surface area contributed by atoms with Gasteiger partial charge in [0.1, 0.15) is 0 Å². The normalized spacial score (nSPS) is 13.9. The van der Waals surface area contributed by atoms with Gasteiger partial charge in [-0.2, -0.15) is 5.26 Å². The van der Waals surface area contributed by atoms with E-state index >= 15 is 0 Å². The Morgan fingerprint density at radius 2 is 1.95 bits per heavy atom. The average molecular weight is 275 g/mol. The van der Waals surface area contributed by atoms with Crippen molar-refractivity contribution >= 4 is 5.69 Å². The van der Waals surface area contributed by atoms with E-state index in [1.165, 1.54) is 0 Å². The SMILES string of the molecule is CCN(c1cc(C#N)ccc1C(C)O)C(C)CN(C)C. The summed E-state index contributed by atoms with van der Waals surface area (Å²) in [5.41, 5.74) is 2.45. The van der Waals surface area contributed by atoms with Crippen molar-refractivity contribution in [2.45, 2.75) is 32.9 Å². The molecule has 1 aromatic rings. The Balaban J connectivity index is 3.21. The highest BCUT2D eigenvalue weighted by Gasteiger charge is 2.19. The maximum absolute atomic E-state index is 9.96. The Labute approximate surface area is 122 Å². The van der Waals surface area contributed by atoms with Gasteiger partial charge in [-0.3, -0.25) is 0 Å². The van der Waals surface area contributed by atoms with Crippen LogP contribution in [0.25, 0.3) is 0 Å². The number of rotatable bonds is 6. The smallest absolute Gasteiger partial charge is 0.0992 e. The third-order valence-corrected chi connectivity index (χ3v) is 3.42. The minimum Gasteiger partial charge on any atom is -0.389 e. The van der Waals surface area contributed by atoms with Crippen LogP contribution in [-0.2, 0) is 0 Å². The minimum absolute atomic E-state index is 0.307. The third kappa shape index (κ3) is 3.96. The van der Waals surface area contributed by atoms with E-state index in [4.69, 9.17) is 5.26 Å². The Bertz CT molecular complexity index is 477. The Hall–Kier alpha value is -1.57. The van der Waals surface area contributed by atoms with Gasteiger partial charge >= 0.3 is 0 Å². The monoisotopic (exact) mass is 275 g/mol. The van der Waals surface area contributed by atoms with Crippen molar-refractivity contribution in [1.82, 2.24) is 4.90 Å². The summed E-state index contributed by atoms with van der Waals surface area (Å²) in [7, 11) is 4.09. The molecule has 2 unspecified atom stereocenters. The third-order valence-electron chi connectivity index (χ3n) is 3.42. The second-order valence-corrected chi connectivity index (χ2v) is 5.46. The molecule has 1 rings (SSSR count). The lowest BCUT2D eigenvalue weighted by molar-refractivity contribution is 0.199. The van der Waals surface area contributed by atoms with Crippen LogP contribution in [0.4, 0.5) is 5.69 Å². The molecule has 4 nitrogen and oxygen atoms in total. The number of anilines is 1. The van der Waals surface area contributed by atoms with Crippen molar-refractivity contribution in [3.63, 3.8) is 0 Å². The Morgan fingerprint density at radius 3 is 2.40 bits per heavy atom. The van der Waals surface area contributed by atoms with E-state index in [1.807, 2.05) is 26.2 Å². The second kappa shape index (κ2) is 7.28. The highest BCUT2D eigenvalue weighted by atomic mass is 16.3. The van der Waals surface area contributed by atoms with Crippen LogP contribution >= 0.6 is 0 Å². The van der Waals surface area contributed by atoms with Crippen molar-refractivity contribution in [3.05, 3.63) is 29.3 Å². The fourth-order valence-electron chi connectivity index (χ4n) is 2.56. The summed E-state index contributed by atoms with van der Waals surface area (Å²) in [4.78, 5) is 4.38. The molecule has 0 aromatic heterocycles. The maximum atomic E-state index is 9.96. The molecule has 0 heterocycles. The van der Waals surface area contributed by atoms with E-state index in [1.54, 1.807) is 13.0 Å². The van der Waals surface area contributed by atoms with Crippen molar-refractivity contribution in [1.29, 1.82) is 5.26 Å². The molecule has 2 atom stereocenters. The van der Waals surface area contributed by atoms with Crippen LogP contribution in [0.3, 0.4) is 0 Å². The zero-order chi connectivity index (χ0) is 15.3. The number of likely N-dealkylation sites (N-methyl/N-ethyl adjacent to an activating group) is 2. The second-order valence-electron chi connectivity index (χ2n) is 5.46. The van der Waals surface area contributed by atoms with Gasteiger partial charge in [0.15, 0.2) is 0 Å². The molecule has 0 bridgehead atoms. The lowest BCUT2D eigenvalue weighted by Crippen LogP contribution is -2.40. The molecule has 4 heteroatoms. The lowest BCUT2D eigenvalue weighted by atomic mass is 10.0. The molecule has 0 aliphatic rings. The van der Waals surface area contributed by atoms with Crippen LogP contribution < -0.4 is 4.90 Å². The van der Waals surface area contributed by atoms with E-state index in [0.717, 1.165) is 24.3 Å². The van der Waals surface area contributed by atoms with Crippen LogP contribution in [0.1, 0.15) is 38.0 Å². The molecule has 0 saturated carbocycles. The molecule has 0 saturated heterocycles. The topological polar surface area (TPSA) is 50.5 Å². The number of aliphatic hydroxyl groups excluding tert-OH is 1. The molecule has 0 spiro atoms. The van der Waals surface area contributed by atoms with E-state index in [9.17, 15) is 5.11 Å². The lowest BCUT2D eigenvalue weighted by Gasteiger charge is -2.34. The molecular formula is C16H25N3O. The van der Waals surface area contributed by atoms with Crippen molar-refractivity contribution in [2.75, 3.05) is 32.1 Å². The summed E-state index contributed by atoms with van der Waals surface area (Å²) >= 11 is 0. The van der Waals surface area contributed by atoms with Gasteiger partial charge < -0.3 is 14.9 Å². The zero-order valence-electron chi connectivity index (χ0n) is 13.1. The van der Waals surface area contributed by atoms with Gasteiger partial charge in [-0.1, -0.05) is 6.07 Å². The first kappa shape index (κ1) is 16.5. The van der Waals surface area contributed by atoms with Crippen LogP contribution in [-0.4, -0.2) is 43.2 Å². The predicted octanol–water partition coefficient (Wildman–Crippen LogP) is 2.39. The Kier molecular flexibility index (Phi) is 6.00. The predicted molar refractivity (Wildman–Crippen MR) is 82.8 cm³/mol. The summed E-state index contributed by atoms with van der Waals surface area (Å²) < 4.78 is 0. The first-order chi connectivity index (χ1) is 9.40. The summed E-state index contributed by atoms with van der Waals surface area (Å²) in [5.74, 6) is 0. The first-order valence-electron chi connectivity index (χ1n) is 7.04. The van der Waals surface area contributed by atoms with Crippen molar-refractivity contribution in [3.8, 4) is 6.07 Å². The molecule has 0 aliphatic heterocycles. The molecule has 110 valence electrons. The number of benzene rings is 1. The van der Waals surface area contributed by atoms with Gasteiger partial charge in [0.05, 0.1) is 17.7 Å². The molecule has 0 amide bonds. The van der Waals surface area contributed by atoms with E-state index in [-0.39, 0.29) is 0 Å². The van der Waals surface area contributed by atoms with Crippen molar-refractivity contribution < 1.29 is 5.11 Å². The molecule has 1 N–H and O–H groups in total. The molecule has 20 heavy (non-hydrogen) atoms. The van der Waals surface area contributed by atoms with Crippen molar-refractivity contribution in [2.24, 2.45) is 0 Å². The maximum Gasteiger partial charge on any atom is 0.0992 e. The average Bonchev–Trinajstić information content (AvgIpc) is 2.38. The fraction of sp³-hybridized carbons (Fsp3) is 0.562. The molecular weight excluding hydrogens is 250 g/mol.